The molecule has 1 saturated carbocycles. The molecule has 6 aliphatic rings. The molecule has 3 aliphatic carbocycles. The minimum Gasteiger partial charge on any atom is -0.462 e. The number of anilines is 1. The van der Waals surface area contributed by atoms with Crippen LogP contribution >= 0.6 is 11.6 Å². The van der Waals surface area contributed by atoms with Crippen molar-refractivity contribution >= 4 is 23.3 Å². The van der Waals surface area contributed by atoms with Crippen molar-refractivity contribution in [2.75, 3.05) is 38.2 Å². The molecule has 226 valence electrons. The van der Waals surface area contributed by atoms with Crippen LogP contribution in [0.2, 0.25) is 5.02 Å². The van der Waals surface area contributed by atoms with Crippen molar-refractivity contribution in [3.63, 3.8) is 0 Å². The number of fused-ring (bicyclic) bond motifs is 4. The number of carbonyl (C=O) groups excluding carboxylic acids is 1. The van der Waals surface area contributed by atoms with Crippen LogP contribution in [-0.2, 0) is 23.1 Å². The molecule has 1 spiro atoms. The lowest BCUT2D eigenvalue weighted by Crippen LogP contribution is -2.55. The van der Waals surface area contributed by atoms with Crippen LogP contribution in [0.1, 0.15) is 60.7 Å². The van der Waals surface area contributed by atoms with E-state index < -0.39 is 29.4 Å². The summed E-state index contributed by atoms with van der Waals surface area (Å²) in [6, 6.07) is 8.31. The van der Waals surface area contributed by atoms with E-state index in [9.17, 15) is 14.4 Å². The van der Waals surface area contributed by atoms with Gasteiger partial charge in [-0.1, -0.05) is 30.3 Å². The number of nitrogens with zero attached hydrogens (tertiary/aromatic N) is 6. The quantitative estimate of drug-likeness (QED) is 0.433. The summed E-state index contributed by atoms with van der Waals surface area (Å²) >= 11 is 6.54. The molecule has 3 saturated heterocycles. The molecule has 4 atom stereocenters. The Kier molecular flexibility index (Phi) is 7.09. The molecule has 8 nitrogen and oxygen atoms in total. The number of halogens is 3. The van der Waals surface area contributed by atoms with E-state index in [2.05, 4.69) is 24.6 Å². The minimum atomic E-state index is -1.38. The first-order chi connectivity index (χ1) is 20.7. The van der Waals surface area contributed by atoms with E-state index in [4.69, 9.17) is 26.3 Å². The summed E-state index contributed by atoms with van der Waals surface area (Å²) in [4.78, 5) is 27.8. The van der Waals surface area contributed by atoms with E-state index in [1.807, 2.05) is 23.1 Å². The standard InChI is InChI=1S/C32H35ClF2N6O2/c1-18(34)30(42)41-13-12-40(16-20(41)8-11-36)29-23-7-10-32(9-6-22-24(32)4-3-5-25(22)33)28(35)27(23)37-31(38-29)43-17-26-19-14-21(15-19)39(26)2/h3-5,19-21,26,28H,1,6-10,12-17H2,2H3/t19?,20-,21?,26?,28?,32+/m0/s1. The number of amides is 1. The molecule has 2 aromatic rings. The third kappa shape index (κ3) is 4.50. The minimum absolute atomic E-state index is 0.0229. The molecule has 0 radical (unpaired) electrons. The van der Waals surface area contributed by atoms with Crippen LogP contribution in [0.15, 0.2) is 30.6 Å². The van der Waals surface area contributed by atoms with E-state index in [-0.39, 0.29) is 31.6 Å². The number of carbonyl (C=O) groups is 1. The molecule has 1 aromatic heterocycles. The topological polar surface area (TPSA) is 85.6 Å². The molecular weight excluding hydrogens is 574 g/mol. The number of benzene rings is 1. The van der Waals surface area contributed by atoms with Gasteiger partial charge in [0, 0.05) is 47.7 Å². The fraction of sp³-hybridized carbons (Fsp3) is 0.562. The number of hydrogen-bond acceptors (Lipinski definition) is 7. The Balaban J connectivity index is 1.25. The van der Waals surface area contributed by atoms with Crippen LogP contribution in [0.5, 0.6) is 6.01 Å². The number of alkyl halides is 1. The lowest BCUT2D eigenvalue weighted by molar-refractivity contribution is -0.131. The lowest BCUT2D eigenvalue weighted by Gasteiger charge is -2.43. The number of nitriles is 1. The maximum absolute atomic E-state index is 17.0. The van der Waals surface area contributed by atoms with Gasteiger partial charge in [0.05, 0.1) is 24.2 Å². The molecule has 2 unspecified atom stereocenters. The third-order valence-electron chi connectivity index (χ3n) is 10.8. The zero-order valence-corrected chi connectivity index (χ0v) is 25.0. The molecule has 1 aromatic carbocycles. The largest absolute Gasteiger partial charge is 0.462 e. The molecule has 11 heteroatoms. The zero-order valence-electron chi connectivity index (χ0n) is 24.2. The van der Waals surface area contributed by atoms with Crippen LogP contribution in [0.25, 0.3) is 0 Å². The van der Waals surface area contributed by atoms with Crippen LogP contribution in [0, 0.1) is 17.2 Å². The SMILES string of the molecule is C=C(F)C(=O)N1CCN(c2nc(OCC3C4CC(C4)N3C)nc3c2CC[C@@]2(CCc4c(Cl)cccc42)C3F)C[C@@H]1CC#N. The van der Waals surface area contributed by atoms with Gasteiger partial charge in [-0.15, -0.1) is 0 Å². The number of piperazine rings is 1. The summed E-state index contributed by atoms with van der Waals surface area (Å²) in [6.45, 7) is 4.37. The van der Waals surface area contributed by atoms with Crippen LogP contribution in [0.3, 0.4) is 0 Å². The maximum atomic E-state index is 17.0. The number of likely N-dealkylation sites (N-methyl/N-ethyl adjacent to an activating group) is 1. The van der Waals surface area contributed by atoms with Crippen molar-refractivity contribution < 1.29 is 18.3 Å². The second-order valence-electron chi connectivity index (χ2n) is 12.8. The number of hydrogen-bond donors (Lipinski definition) is 0. The van der Waals surface area contributed by atoms with E-state index in [1.165, 1.54) is 17.7 Å². The van der Waals surface area contributed by atoms with Crippen LogP contribution in [-0.4, -0.2) is 77.1 Å². The highest BCUT2D eigenvalue weighted by molar-refractivity contribution is 6.31. The summed E-state index contributed by atoms with van der Waals surface area (Å²) in [5.41, 5.74) is 2.32. The molecule has 2 bridgehead atoms. The number of rotatable bonds is 6. The Bertz CT molecular complexity index is 1530. The highest BCUT2D eigenvalue weighted by Gasteiger charge is 2.52. The molecule has 0 N–H and O–H groups in total. The van der Waals surface area contributed by atoms with E-state index in [0.29, 0.717) is 67.3 Å². The first-order valence-electron chi connectivity index (χ1n) is 15.2. The molecule has 4 fully saturated rings. The van der Waals surface area contributed by atoms with Gasteiger partial charge in [-0.25, -0.2) is 8.78 Å². The number of ether oxygens (including phenoxy) is 1. The van der Waals surface area contributed by atoms with Gasteiger partial charge in [0.1, 0.15) is 12.4 Å². The van der Waals surface area contributed by atoms with E-state index in [1.54, 1.807) is 0 Å². The van der Waals surface area contributed by atoms with Gasteiger partial charge < -0.3 is 14.5 Å². The summed E-state index contributed by atoms with van der Waals surface area (Å²) in [6.07, 6.45) is 3.51. The third-order valence-corrected chi connectivity index (χ3v) is 11.2. The second-order valence-corrected chi connectivity index (χ2v) is 13.2. The normalized spacial score (nSPS) is 30.9. The van der Waals surface area contributed by atoms with Gasteiger partial charge in [-0.3, -0.25) is 9.69 Å². The summed E-state index contributed by atoms with van der Waals surface area (Å²) in [5, 5.41) is 10.2. The predicted molar refractivity (Wildman–Crippen MR) is 157 cm³/mol. The fourth-order valence-electron chi connectivity index (χ4n) is 8.31. The number of aromatic nitrogens is 2. The average Bonchev–Trinajstić information content (AvgIpc) is 3.61. The summed E-state index contributed by atoms with van der Waals surface area (Å²) < 4.78 is 37.1. The summed E-state index contributed by atoms with van der Waals surface area (Å²) in [7, 11) is 2.12. The Labute approximate surface area is 255 Å². The van der Waals surface area contributed by atoms with Gasteiger partial charge >= 0.3 is 6.01 Å². The van der Waals surface area contributed by atoms with Gasteiger partial charge in [0.25, 0.3) is 5.91 Å². The van der Waals surface area contributed by atoms with Crippen molar-refractivity contribution in [3.05, 3.63) is 58.0 Å². The molecule has 8 rings (SSSR count). The predicted octanol–water partition coefficient (Wildman–Crippen LogP) is 4.86. The molecule has 1 amide bonds. The monoisotopic (exact) mass is 608 g/mol. The fourth-order valence-corrected chi connectivity index (χ4v) is 8.58. The van der Waals surface area contributed by atoms with Crippen molar-refractivity contribution in [1.82, 2.24) is 19.8 Å². The van der Waals surface area contributed by atoms with Crippen molar-refractivity contribution in [1.29, 1.82) is 5.26 Å². The van der Waals surface area contributed by atoms with Crippen LogP contribution in [0.4, 0.5) is 14.6 Å². The second kappa shape index (κ2) is 10.7. The summed E-state index contributed by atoms with van der Waals surface area (Å²) in [5.74, 6) is -0.701. The Hall–Kier alpha value is -3.29. The molecule has 3 aliphatic heterocycles. The van der Waals surface area contributed by atoms with Crippen molar-refractivity contribution in [2.24, 2.45) is 5.92 Å². The highest BCUT2D eigenvalue weighted by Crippen LogP contribution is 2.57. The molecular formula is C32H35ClF2N6O2. The smallest absolute Gasteiger partial charge is 0.318 e. The lowest BCUT2D eigenvalue weighted by atomic mass is 9.68. The Morgan fingerprint density at radius 3 is 2.70 bits per heavy atom. The Morgan fingerprint density at radius 2 is 2.00 bits per heavy atom. The average molecular weight is 609 g/mol. The molecule has 4 heterocycles. The van der Waals surface area contributed by atoms with Crippen molar-refractivity contribution in [2.45, 2.75) is 74.7 Å². The van der Waals surface area contributed by atoms with Crippen LogP contribution < -0.4 is 9.64 Å². The van der Waals surface area contributed by atoms with E-state index in [0.717, 1.165) is 16.7 Å². The zero-order chi connectivity index (χ0) is 30.0. The highest BCUT2D eigenvalue weighted by atomic mass is 35.5. The maximum Gasteiger partial charge on any atom is 0.318 e. The first-order valence-corrected chi connectivity index (χ1v) is 15.5. The van der Waals surface area contributed by atoms with Gasteiger partial charge in [-0.05, 0) is 68.7 Å². The van der Waals surface area contributed by atoms with Crippen molar-refractivity contribution in [3.8, 4) is 12.1 Å². The first kappa shape index (κ1) is 28.5. The van der Waals surface area contributed by atoms with Gasteiger partial charge in [0.15, 0.2) is 12.0 Å². The van der Waals surface area contributed by atoms with Gasteiger partial charge in [0.2, 0.25) is 0 Å². The van der Waals surface area contributed by atoms with Gasteiger partial charge in [-0.2, -0.15) is 15.2 Å². The molecule has 43 heavy (non-hydrogen) atoms. The Morgan fingerprint density at radius 1 is 1.23 bits per heavy atom. The van der Waals surface area contributed by atoms with E-state index >= 15 is 4.39 Å².